The second-order valence-corrected chi connectivity index (χ2v) is 10.2. The predicted molar refractivity (Wildman–Crippen MR) is 152 cm³/mol. The molecule has 1 N–H and O–H groups in total. The van der Waals surface area contributed by atoms with E-state index in [1.54, 1.807) is 36.6 Å². The molecule has 0 bridgehead atoms. The number of halogens is 1. The molecule has 0 aliphatic carbocycles. The normalized spacial score (nSPS) is 11.0. The largest absolute Gasteiger partial charge is 0.461 e. The van der Waals surface area contributed by atoms with E-state index in [2.05, 4.69) is 26.3 Å². The van der Waals surface area contributed by atoms with E-state index in [9.17, 15) is 14.4 Å². The van der Waals surface area contributed by atoms with Gasteiger partial charge >= 0.3 is 5.97 Å². The Hall–Kier alpha value is -4.08. The van der Waals surface area contributed by atoms with Crippen LogP contribution in [0.5, 0.6) is 0 Å². The Morgan fingerprint density at radius 1 is 0.974 bits per heavy atom. The first-order valence-electron chi connectivity index (χ1n) is 11.9. The standard InChI is InChI=1S/C29H22BrN3O4S/c1-2-37-29(36)25-22-17-38-27(24(22)28(35)33(32-25)21-15-13-20(30)14-16-21)31-26(34)23(18-9-5-3-6-10-18)19-11-7-4-8-12-19/h3-17,23H,2H2,1H3,(H,31,34). The van der Waals surface area contributed by atoms with Gasteiger partial charge in [-0.3, -0.25) is 9.59 Å². The fraction of sp³-hybridized carbons (Fsp3) is 0.103. The van der Waals surface area contributed by atoms with Crippen LogP contribution in [0, 0.1) is 0 Å². The molecule has 190 valence electrons. The van der Waals surface area contributed by atoms with Crippen LogP contribution < -0.4 is 10.9 Å². The van der Waals surface area contributed by atoms with Crippen molar-refractivity contribution in [3.05, 3.63) is 122 Å². The summed E-state index contributed by atoms with van der Waals surface area (Å²) in [5.74, 6) is -1.55. The number of aromatic nitrogens is 2. The van der Waals surface area contributed by atoms with Gasteiger partial charge in [-0.2, -0.15) is 9.78 Å². The minimum absolute atomic E-state index is 0.00351. The second-order valence-electron chi connectivity index (χ2n) is 8.36. The molecule has 0 fully saturated rings. The number of ether oxygens (including phenoxy) is 1. The van der Waals surface area contributed by atoms with Crippen LogP contribution in [0.4, 0.5) is 5.00 Å². The molecule has 9 heteroatoms. The SMILES string of the molecule is CCOC(=O)c1nn(-c2ccc(Br)cc2)c(=O)c2c(NC(=O)C(c3ccccc3)c3ccccc3)scc12. The molecule has 0 aliphatic heterocycles. The average molecular weight is 588 g/mol. The van der Waals surface area contributed by atoms with Gasteiger partial charge in [-0.25, -0.2) is 4.79 Å². The van der Waals surface area contributed by atoms with Gasteiger partial charge in [-0.15, -0.1) is 11.3 Å². The molecule has 1 amide bonds. The molecule has 7 nitrogen and oxygen atoms in total. The number of nitrogens with zero attached hydrogens (tertiary/aromatic N) is 2. The molecule has 2 aromatic heterocycles. The van der Waals surface area contributed by atoms with Gasteiger partial charge in [0.15, 0.2) is 5.69 Å². The molecule has 0 atom stereocenters. The molecule has 38 heavy (non-hydrogen) atoms. The van der Waals surface area contributed by atoms with E-state index in [4.69, 9.17) is 4.74 Å². The fourth-order valence-electron chi connectivity index (χ4n) is 4.22. The van der Waals surface area contributed by atoms with E-state index in [-0.39, 0.29) is 23.6 Å². The first-order valence-corrected chi connectivity index (χ1v) is 13.5. The summed E-state index contributed by atoms with van der Waals surface area (Å²) in [6, 6.07) is 25.9. The van der Waals surface area contributed by atoms with Gasteiger partial charge in [-0.1, -0.05) is 76.6 Å². The number of nitrogens with one attached hydrogen (secondary N) is 1. The maximum absolute atomic E-state index is 13.8. The van der Waals surface area contributed by atoms with Crippen molar-refractivity contribution in [2.75, 3.05) is 11.9 Å². The molecule has 0 radical (unpaired) electrons. The molecule has 2 heterocycles. The lowest BCUT2D eigenvalue weighted by molar-refractivity contribution is -0.116. The zero-order valence-electron chi connectivity index (χ0n) is 20.3. The van der Waals surface area contributed by atoms with Crippen LogP contribution in [0.3, 0.4) is 0 Å². The third-order valence-corrected chi connectivity index (χ3v) is 7.38. The summed E-state index contributed by atoms with van der Waals surface area (Å²) in [7, 11) is 0. The highest BCUT2D eigenvalue weighted by Crippen LogP contribution is 2.33. The van der Waals surface area contributed by atoms with Gasteiger partial charge in [-0.05, 0) is 42.3 Å². The summed E-state index contributed by atoms with van der Waals surface area (Å²) in [6.45, 7) is 1.86. The minimum Gasteiger partial charge on any atom is -0.461 e. The Labute approximate surface area is 230 Å². The molecule has 0 saturated carbocycles. The van der Waals surface area contributed by atoms with Gasteiger partial charge in [0.05, 0.1) is 23.6 Å². The first-order chi connectivity index (χ1) is 18.5. The number of fused-ring (bicyclic) bond motifs is 1. The van der Waals surface area contributed by atoms with E-state index in [0.29, 0.717) is 16.1 Å². The number of esters is 1. The summed E-state index contributed by atoms with van der Waals surface area (Å²) < 4.78 is 7.22. The summed E-state index contributed by atoms with van der Waals surface area (Å²) in [4.78, 5) is 40.3. The lowest BCUT2D eigenvalue weighted by Gasteiger charge is -2.17. The fourth-order valence-corrected chi connectivity index (χ4v) is 5.42. The topological polar surface area (TPSA) is 90.3 Å². The van der Waals surface area contributed by atoms with Crippen LogP contribution in [0.1, 0.15) is 34.5 Å². The molecule has 0 spiro atoms. The Morgan fingerprint density at radius 2 is 1.58 bits per heavy atom. The Bertz CT molecular complexity index is 1630. The molecule has 0 unspecified atom stereocenters. The van der Waals surface area contributed by atoms with Crippen LogP contribution in [0.2, 0.25) is 0 Å². The quantitative estimate of drug-likeness (QED) is 0.230. The van der Waals surface area contributed by atoms with Gasteiger partial charge in [0.1, 0.15) is 5.00 Å². The lowest BCUT2D eigenvalue weighted by Crippen LogP contribution is -2.26. The number of carbonyl (C=O) groups is 2. The van der Waals surface area contributed by atoms with Crippen molar-refractivity contribution in [1.82, 2.24) is 9.78 Å². The highest BCUT2D eigenvalue weighted by Gasteiger charge is 2.27. The molecule has 5 aromatic rings. The third-order valence-electron chi connectivity index (χ3n) is 5.96. The number of benzene rings is 3. The van der Waals surface area contributed by atoms with Crippen molar-refractivity contribution in [2.24, 2.45) is 0 Å². The number of rotatable bonds is 7. The molecule has 0 aliphatic rings. The predicted octanol–water partition coefficient (Wildman–Crippen LogP) is 6.16. The van der Waals surface area contributed by atoms with E-state index in [1.165, 1.54) is 11.3 Å². The van der Waals surface area contributed by atoms with Crippen molar-refractivity contribution in [2.45, 2.75) is 12.8 Å². The van der Waals surface area contributed by atoms with Crippen LogP contribution >= 0.6 is 27.3 Å². The molecular formula is C29H22BrN3O4S. The highest BCUT2D eigenvalue weighted by molar-refractivity contribution is 9.10. The zero-order chi connectivity index (χ0) is 26.6. The summed E-state index contributed by atoms with van der Waals surface area (Å²) in [5, 5.41) is 9.84. The second kappa shape index (κ2) is 11.1. The van der Waals surface area contributed by atoms with Crippen molar-refractivity contribution in [1.29, 1.82) is 0 Å². The number of thiophene rings is 1. The van der Waals surface area contributed by atoms with E-state index in [0.717, 1.165) is 20.3 Å². The van der Waals surface area contributed by atoms with Crippen LogP contribution in [-0.2, 0) is 9.53 Å². The lowest BCUT2D eigenvalue weighted by atomic mass is 9.90. The van der Waals surface area contributed by atoms with Crippen LogP contribution in [0.15, 0.2) is 99.6 Å². The van der Waals surface area contributed by atoms with Gasteiger partial charge in [0, 0.05) is 15.2 Å². The van der Waals surface area contributed by atoms with Gasteiger partial charge < -0.3 is 10.1 Å². The third kappa shape index (κ3) is 5.03. The average Bonchev–Trinajstić information content (AvgIpc) is 3.35. The van der Waals surface area contributed by atoms with Gasteiger partial charge in [0.2, 0.25) is 5.91 Å². The summed E-state index contributed by atoms with van der Waals surface area (Å²) in [6.07, 6.45) is 0. The molecule has 5 rings (SSSR count). The molecular weight excluding hydrogens is 566 g/mol. The van der Waals surface area contributed by atoms with Crippen molar-refractivity contribution >= 4 is 54.9 Å². The number of anilines is 1. The molecule has 3 aromatic carbocycles. The Kier molecular flexibility index (Phi) is 7.48. The highest BCUT2D eigenvalue weighted by atomic mass is 79.9. The van der Waals surface area contributed by atoms with Gasteiger partial charge in [0.25, 0.3) is 5.56 Å². The van der Waals surface area contributed by atoms with E-state index in [1.807, 2.05) is 60.7 Å². The summed E-state index contributed by atoms with van der Waals surface area (Å²) >= 11 is 4.56. The summed E-state index contributed by atoms with van der Waals surface area (Å²) in [5.41, 5.74) is 1.66. The Balaban J connectivity index is 1.64. The monoisotopic (exact) mass is 587 g/mol. The van der Waals surface area contributed by atoms with Crippen molar-refractivity contribution in [3.63, 3.8) is 0 Å². The van der Waals surface area contributed by atoms with E-state index >= 15 is 0 Å². The smallest absolute Gasteiger partial charge is 0.359 e. The number of hydrogen-bond donors (Lipinski definition) is 1. The van der Waals surface area contributed by atoms with Crippen molar-refractivity contribution < 1.29 is 14.3 Å². The Morgan fingerprint density at radius 3 is 2.16 bits per heavy atom. The molecule has 0 saturated heterocycles. The van der Waals surface area contributed by atoms with Crippen molar-refractivity contribution in [3.8, 4) is 5.69 Å². The zero-order valence-corrected chi connectivity index (χ0v) is 22.7. The maximum atomic E-state index is 13.8. The van der Waals surface area contributed by atoms with Crippen LogP contribution in [0.25, 0.3) is 16.5 Å². The number of carbonyl (C=O) groups excluding carboxylic acids is 2. The number of amides is 1. The maximum Gasteiger partial charge on any atom is 0.359 e. The van der Waals surface area contributed by atoms with Crippen LogP contribution in [-0.4, -0.2) is 28.3 Å². The van der Waals surface area contributed by atoms with E-state index < -0.39 is 17.4 Å². The first kappa shape index (κ1) is 25.6. The number of hydrogen-bond acceptors (Lipinski definition) is 6. The minimum atomic E-state index is -0.648.